The Balaban J connectivity index is 1.76. The number of benzene rings is 1. The Hall–Kier alpha value is -3.06. The quantitative estimate of drug-likeness (QED) is 0.269. The summed E-state index contributed by atoms with van der Waals surface area (Å²) in [6.07, 6.45) is -5.22. The summed E-state index contributed by atoms with van der Waals surface area (Å²) in [5, 5.41) is 79.3. The molecule has 0 spiro atoms. The van der Waals surface area contributed by atoms with Gasteiger partial charge in [-0.2, -0.15) is 0 Å². The van der Waals surface area contributed by atoms with E-state index in [0.717, 1.165) is 6.08 Å². The van der Waals surface area contributed by atoms with Gasteiger partial charge in [-0.1, -0.05) is 0 Å². The van der Waals surface area contributed by atoms with Crippen LogP contribution < -0.4 is 0 Å². The first kappa shape index (κ1) is 22.1. The van der Waals surface area contributed by atoms with Crippen LogP contribution in [0.15, 0.2) is 59.3 Å². The third kappa shape index (κ3) is 3.93. The number of hydrogen-bond donors (Lipinski definition) is 8. The Morgan fingerprint density at radius 2 is 1.66 bits per heavy atom. The topological polar surface area (TPSA) is 190 Å². The fraction of sp³-hybridized carbons (Fsp3) is 0.333. The van der Waals surface area contributed by atoms with Crippen molar-refractivity contribution in [3.05, 3.63) is 64.8 Å². The molecule has 172 valence electrons. The van der Waals surface area contributed by atoms with E-state index in [-0.39, 0.29) is 39.9 Å². The van der Waals surface area contributed by atoms with Gasteiger partial charge in [0.05, 0.1) is 6.61 Å². The van der Waals surface area contributed by atoms with Crippen molar-refractivity contribution in [1.82, 2.24) is 0 Å². The number of aliphatic hydroxyl groups excluding tert-OH is 6. The number of fused-ring (bicyclic) bond motifs is 1. The molecule has 0 saturated carbocycles. The smallest absolute Gasteiger partial charge is 0.229 e. The maximum Gasteiger partial charge on any atom is 0.229 e. The van der Waals surface area contributed by atoms with E-state index >= 15 is 0 Å². The fourth-order valence-corrected chi connectivity index (χ4v) is 3.52. The zero-order valence-corrected chi connectivity index (χ0v) is 16.4. The fourth-order valence-electron chi connectivity index (χ4n) is 3.52. The van der Waals surface area contributed by atoms with Gasteiger partial charge in [-0.3, -0.25) is 0 Å². The minimum Gasteiger partial charge on any atom is -0.508 e. The predicted octanol–water partition coefficient (Wildman–Crippen LogP) is -0.760. The zero-order chi connectivity index (χ0) is 23.2. The van der Waals surface area contributed by atoms with Crippen molar-refractivity contribution in [2.45, 2.75) is 36.8 Å². The summed E-state index contributed by atoms with van der Waals surface area (Å²) in [6, 6.07) is 3.78. The van der Waals surface area contributed by atoms with Crippen LogP contribution in [0, 0.1) is 0 Å². The molecule has 1 aromatic rings. The van der Waals surface area contributed by atoms with Crippen LogP contribution in [0.1, 0.15) is 5.56 Å². The summed E-state index contributed by atoms with van der Waals surface area (Å²) < 4.78 is 16.9. The summed E-state index contributed by atoms with van der Waals surface area (Å²) in [4.78, 5) is 0. The van der Waals surface area contributed by atoms with E-state index in [2.05, 4.69) is 0 Å². The minimum absolute atomic E-state index is 0.0332. The second-order valence-electron chi connectivity index (χ2n) is 7.46. The summed E-state index contributed by atoms with van der Waals surface area (Å²) >= 11 is 0. The summed E-state index contributed by atoms with van der Waals surface area (Å²) in [5.74, 6) is -1.13. The summed E-state index contributed by atoms with van der Waals surface area (Å²) in [7, 11) is 0. The maximum atomic E-state index is 10.3. The van der Waals surface area contributed by atoms with E-state index in [1.165, 1.54) is 30.4 Å². The van der Waals surface area contributed by atoms with Gasteiger partial charge in [-0.05, 0) is 30.4 Å². The summed E-state index contributed by atoms with van der Waals surface area (Å²) in [6.45, 7) is -0.657. The molecule has 0 aromatic heterocycles. The molecule has 4 rings (SSSR count). The molecule has 11 heteroatoms. The Morgan fingerprint density at radius 3 is 2.34 bits per heavy atom. The van der Waals surface area contributed by atoms with Crippen LogP contribution in [0.5, 0.6) is 11.5 Å². The molecule has 1 fully saturated rings. The molecule has 8 N–H and O–H groups in total. The standard InChI is InChI=1S/C21H22O11/c22-7-16-17(27)18(28)19(29)21(32-16)31-15-6-10-12(25)4-9(23)5-14(10)30-20(15)8-1-2-11(24)13(26)3-8/h1-6,12,16-19,21-29H,7H2/t12?,16-,17-,18+,19-,21-/m1/s1. The van der Waals surface area contributed by atoms with Gasteiger partial charge in [0, 0.05) is 17.2 Å². The van der Waals surface area contributed by atoms with Crippen molar-refractivity contribution in [3.8, 4) is 11.5 Å². The zero-order valence-electron chi connectivity index (χ0n) is 16.4. The van der Waals surface area contributed by atoms with Crippen molar-refractivity contribution in [3.63, 3.8) is 0 Å². The molecule has 1 aromatic carbocycles. The van der Waals surface area contributed by atoms with E-state index in [1.54, 1.807) is 0 Å². The number of aromatic hydroxyl groups is 2. The van der Waals surface area contributed by atoms with Crippen molar-refractivity contribution >= 4 is 5.76 Å². The Bertz CT molecular complexity index is 1020. The number of allylic oxidation sites excluding steroid dienone is 2. The van der Waals surface area contributed by atoms with Crippen LogP contribution in [0.3, 0.4) is 0 Å². The van der Waals surface area contributed by atoms with Gasteiger partial charge in [-0.25, -0.2) is 0 Å². The lowest BCUT2D eigenvalue weighted by molar-refractivity contribution is -0.290. The molecular formula is C21H22O11. The third-order valence-electron chi connectivity index (χ3n) is 5.26. The van der Waals surface area contributed by atoms with Crippen LogP contribution in [0.25, 0.3) is 5.76 Å². The lowest BCUT2D eigenvalue weighted by Gasteiger charge is -2.40. The van der Waals surface area contributed by atoms with Gasteiger partial charge < -0.3 is 55.1 Å². The van der Waals surface area contributed by atoms with Crippen LogP contribution in [0.4, 0.5) is 0 Å². The van der Waals surface area contributed by atoms with Gasteiger partial charge in [0.25, 0.3) is 0 Å². The first-order valence-electron chi connectivity index (χ1n) is 9.63. The third-order valence-corrected chi connectivity index (χ3v) is 5.26. The molecule has 1 unspecified atom stereocenters. The highest BCUT2D eigenvalue weighted by atomic mass is 16.7. The first-order valence-corrected chi connectivity index (χ1v) is 9.63. The largest absolute Gasteiger partial charge is 0.508 e. The second-order valence-corrected chi connectivity index (χ2v) is 7.46. The van der Waals surface area contributed by atoms with Crippen LogP contribution >= 0.6 is 0 Å². The Kier molecular flexibility index (Phi) is 5.86. The van der Waals surface area contributed by atoms with Crippen molar-refractivity contribution in [2.24, 2.45) is 0 Å². The van der Waals surface area contributed by atoms with Gasteiger partial charge in [-0.15, -0.1) is 0 Å². The molecule has 1 saturated heterocycles. The van der Waals surface area contributed by atoms with Gasteiger partial charge >= 0.3 is 0 Å². The molecule has 11 nitrogen and oxygen atoms in total. The molecule has 0 amide bonds. The van der Waals surface area contributed by atoms with E-state index in [1.807, 2.05) is 0 Å². The second kappa shape index (κ2) is 8.47. The molecule has 3 aliphatic rings. The predicted molar refractivity (Wildman–Crippen MR) is 106 cm³/mol. The molecule has 6 atom stereocenters. The SMILES string of the molecule is OC[C@H]1O[C@@H](OC2=C(c3ccc(O)c(O)c3)OC3=CC(O)=CC(O)C3=C2)[C@H](O)[C@@H](O)[C@@H]1O. The molecule has 2 aliphatic heterocycles. The molecule has 1 aliphatic carbocycles. The Labute approximate surface area is 181 Å². The lowest BCUT2D eigenvalue weighted by atomic mass is 9.97. The van der Waals surface area contributed by atoms with Crippen LogP contribution in [-0.2, 0) is 14.2 Å². The molecule has 32 heavy (non-hydrogen) atoms. The monoisotopic (exact) mass is 450 g/mol. The number of phenols is 2. The number of phenolic OH excluding ortho intramolecular Hbond substituents is 2. The highest BCUT2D eigenvalue weighted by Crippen LogP contribution is 2.40. The van der Waals surface area contributed by atoms with E-state index in [9.17, 15) is 40.9 Å². The van der Waals surface area contributed by atoms with Crippen molar-refractivity contribution < 1.29 is 55.1 Å². The van der Waals surface area contributed by atoms with E-state index in [0.29, 0.717) is 0 Å². The number of aliphatic hydroxyl groups is 6. The van der Waals surface area contributed by atoms with E-state index < -0.39 is 49.2 Å². The highest BCUT2D eigenvalue weighted by Gasteiger charge is 2.45. The van der Waals surface area contributed by atoms with Crippen LogP contribution in [0.2, 0.25) is 0 Å². The average Bonchev–Trinajstić information content (AvgIpc) is 2.76. The molecule has 0 radical (unpaired) electrons. The van der Waals surface area contributed by atoms with Crippen molar-refractivity contribution in [1.29, 1.82) is 0 Å². The Morgan fingerprint density at radius 1 is 0.906 bits per heavy atom. The minimum atomic E-state index is -1.70. The molecule has 0 bridgehead atoms. The normalized spacial score (nSPS) is 32.3. The molecular weight excluding hydrogens is 428 g/mol. The van der Waals surface area contributed by atoms with Gasteiger partial charge in [0.1, 0.15) is 42.0 Å². The number of ether oxygens (including phenoxy) is 3. The van der Waals surface area contributed by atoms with E-state index in [4.69, 9.17) is 14.2 Å². The van der Waals surface area contributed by atoms with Gasteiger partial charge in [0.15, 0.2) is 23.0 Å². The first-order chi connectivity index (χ1) is 15.2. The number of rotatable bonds is 4. The number of hydrogen-bond acceptors (Lipinski definition) is 11. The van der Waals surface area contributed by atoms with Gasteiger partial charge in [0.2, 0.25) is 6.29 Å². The summed E-state index contributed by atoms with van der Waals surface area (Å²) in [5.41, 5.74) is 0.425. The maximum absolute atomic E-state index is 10.3. The average molecular weight is 450 g/mol. The van der Waals surface area contributed by atoms with Crippen molar-refractivity contribution in [2.75, 3.05) is 6.61 Å². The lowest BCUT2D eigenvalue weighted by Crippen LogP contribution is -2.59. The molecule has 2 heterocycles. The highest BCUT2D eigenvalue weighted by molar-refractivity contribution is 5.71. The van der Waals surface area contributed by atoms with Crippen LogP contribution in [-0.4, -0.2) is 84.3 Å².